The van der Waals surface area contributed by atoms with Crippen molar-refractivity contribution in [3.8, 4) is 67.1 Å². The Morgan fingerprint density at radius 2 is 0.683 bits per heavy atom. The van der Waals surface area contributed by atoms with Crippen molar-refractivity contribution in [1.82, 2.24) is 0 Å². The highest BCUT2D eigenvalue weighted by molar-refractivity contribution is 5.94. The molecule has 2 aliphatic rings. The van der Waals surface area contributed by atoms with Crippen molar-refractivity contribution in [2.75, 3.05) is 4.90 Å². The highest BCUT2D eigenvalue weighted by Crippen LogP contribution is 2.58. The minimum absolute atomic E-state index is 0.534. The monoisotopic (exact) mass is 803 g/mol. The van der Waals surface area contributed by atoms with Crippen LogP contribution in [0.5, 0.6) is 11.5 Å². The van der Waals surface area contributed by atoms with Crippen molar-refractivity contribution in [3.05, 3.63) is 271 Å². The Morgan fingerprint density at radius 1 is 0.270 bits per heavy atom. The Bertz CT molecular complexity index is 3250. The van der Waals surface area contributed by atoms with Crippen LogP contribution in [0.15, 0.2) is 249 Å². The smallest absolute Gasteiger partial charge is 0.137 e. The lowest BCUT2D eigenvalue weighted by atomic mass is 9.67. The van der Waals surface area contributed by atoms with Crippen LogP contribution >= 0.6 is 0 Å². The fourth-order valence-electron chi connectivity index (χ4n) is 10.1. The molecule has 10 aromatic rings. The van der Waals surface area contributed by atoms with Gasteiger partial charge < -0.3 is 9.64 Å². The van der Waals surface area contributed by atoms with E-state index in [2.05, 4.69) is 254 Å². The zero-order valence-corrected chi connectivity index (χ0v) is 34.5. The van der Waals surface area contributed by atoms with E-state index in [-0.39, 0.29) is 0 Å². The number of fused-ring (bicyclic) bond motifs is 8. The molecule has 0 unspecified atom stereocenters. The molecule has 2 heteroatoms. The van der Waals surface area contributed by atoms with Crippen LogP contribution in [0.4, 0.5) is 17.1 Å². The predicted molar refractivity (Wildman–Crippen MR) is 260 cm³/mol. The molecule has 0 fully saturated rings. The summed E-state index contributed by atoms with van der Waals surface area (Å²) in [7, 11) is 0. The van der Waals surface area contributed by atoms with Gasteiger partial charge in [0.1, 0.15) is 11.5 Å². The molecule has 1 aliphatic heterocycles. The third kappa shape index (κ3) is 6.02. The predicted octanol–water partition coefficient (Wildman–Crippen LogP) is 16.3. The first-order chi connectivity index (χ1) is 31.2. The SMILES string of the molecule is c1ccc(-c2ccc(N(c3ccc4c(c3)Oc3cc(-c5ccccc5)ccc3-c3ccccc3-4)c3ccc4c(c3)C(c3ccccc3)(c3ccccc3)c3ccccc3-4)cc2)cc1. The van der Waals surface area contributed by atoms with Gasteiger partial charge in [-0.15, -0.1) is 0 Å². The van der Waals surface area contributed by atoms with Crippen LogP contribution in [0.25, 0.3) is 55.6 Å². The number of rotatable bonds is 7. The largest absolute Gasteiger partial charge is 0.456 e. The molecule has 0 amide bonds. The maximum atomic E-state index is 7.13. The molecule has 0 saturated carbocycles. The normalized spacial score (nSPS) is 12.7. The summed E-state index contributed by atoms with van der Waals surface area (Å²) < 4.78 is 7.13. The van der Waals surface area contributed by atoms with E-state index in [0.717, 1.165) is 61.9 Å². The summed E-state index contributed by atoms with van der Waals surface area (Å²) in [5.74, 6) is 1.65. The van der Waals surface area contributed by atoms with Gasteiger partial charge in [-0.05, 0) is 115 Å². The fraction of sp³-hybridized carbons (Fsp3) is 0.0164. The quantitative estimate of drug-likeness (QED) is 0.159. The lowest BCUT2D eigenvalue weighted by Crippen LogP contribution is -2.28. The summed E-state index contributed by atoms with van der Waals surface area (Å²) >= 11 is 0. The second-order valence-electron chi connectivity index (χ2n) is 16.4. The molecule has 1 heterocycles. The Morgan fingerprint density at radius 3 is 1.30 bits per heavy atom. The number of ether oxygens (including phenoxy) is 1. The number of nitrogens with zero attached hydrogens (tertiary/aromatic N) is 1. The summed E-state index contributed by atoms with van der Waals surface area (Å²) in [6.45, 7) is 0. The first-order valence-corrected chi connectivity index (χ1v) is 21.7. The first kappa shape index (κ1) is 36.6. The van der Waals surface area contributed by atoms with E-state index in [0.29, 0.717) is 0 Å². The summed E-state index contributed by atoms with van der Waals surface area (Å²) in [5.41, 5.74) is 19.2. The second-order valence-corrected chi connectivity index (χ2v) is 16.4. The van der Waals surface area contributed by atoms with Gasteiger partial charge in [-0.3, -0.25) is 0 Å². The van der Waals surface area contributed by atoms with Crippen molar-refractivity contribution in [1.29, 1.82) is 0 Å². The molecular weight excluding hydrogens is 763 g/mol. The van der Waals surface area contributed by atoms with E-state index in [4.69, 9.17) is 4.74 Å². The zero-order valence-electron chi connectivity index (χ0n) is 34.5. The van der Waals surface area contributed by atoms with Gasteiger partial charge in [-0.2, -0.15) is 0 Å². The van der Waals surface area contributed by atoms with E-state index in [9.17, 15) is 0 Å². The minimum Gasteiger partial charge on any atom is -0.456 e. The average Bonchev–Trinajstić information content (AvgIpc) is 3.57. The van der Waals surface area contributed by atoms with E-state index >= 15 is 0 Å². The van der Waals surface area contributed by atoms with Gasteiger partial charge in [0.25, 0.3) is 0 Å². The van der Waals surface area contributed by atoms with Gasteiger partial charge in [0.2, 0.25) is 0 Å². The van der Waals surface area contributed by atoms with Crippen LogP contribution in [0.3, 0.4) is 0 Å². The number of benzene rings is 10. The van der Waals surface area contributed by atoms with Crippen molar-refractivity contribution < 1.29 is 4.74 Å². The standard InChI is InChI=1S/C61H41NO/c1-5-17-42(18-6-1)44-29-32-48(33-30-44)62(49-34-37-54-53-27-15-16-28-57(53)61(58(54)40-49,46-21-9-3-10-22-46)47-23-11-4-12-24-47)50-35-38-56-52-26-14-13-25-51(52)55-36-31-45(43-19-7-2-8-20-43)39-59(55)63-60(56)41-50/h1-41H. The molecule has 0 atom stereocenters. The Kier molecular flexibility index (Phi) is 8.76. The maximum absolute atomic E-state index is 7.13. The molecule has 2 nitrogen and oxygen atoms in total. The van der Waals surface area contributed by atoms with Crippen LogP contribution in [-0.2, 0) is 5.41 Å². The molecule has 0 bridgehead atoms. The van der Waals surface area contributed by atoms with E-state index in [1.165, 1.54) is 44.5 Å². The maximum Gasteiger partial charge on any atom is 0.137 e. The van der Waals surface area contributed by atoms with Gasteiger partial charge in [0, 0.05) is 34.3 Å². The summed E-state index contributed by atoms with van der Waals surface area (Å²) in [6.07, 6.45) is 0. The van der Waals surface area contributed by atoms with Gasteiger partial charge in [0.15, 0.2) is 0 Å². The van der Waals surface area contributed by atoms with Crippen LogP contribution < -0.4 is 9.64 Å². The van der Waals surface area contributed by atoms with Crippen molar-refractivity contribution >= 4 is 17.1 Å². The van der Waals surface area contributed by atoms with Gasteiger partial charge >= 0.3 is 0 Å². The van der Waals surface area contributed by atoms with Crippen LogP contribution in [0, 0.1) is 0 Å². The molecule has 0 saturated heterocycles. The van der Waals surface area contributed by atoms with Crippen LogP contribution in [0.2, 0.25) is 0 Å². The fourth-order valence-corrected chi connectivity index (χ4v) is 10.1. The second kappa shape index (κ2) is 15.1. The highest BCUT2D eigenvalue weighted by Gasteiger charge is 2.46. The molecular formula is C61H41NO. The van der Waals surface area contributed by atoms with Gasteiger partial charge in [-0.1, -0.05) is 194 Å². The lowest BCUT2D eigenvalue weighted by molar-refractivity contribution is 0.488. The molecule has 63 heavy (non-hydrogen) atoms. The molecule has 0 aromatic heterocycles. The zero-order chi connectivity index (χ0) is 41.7. The van der Waals surface area contributed by atoms with E-state index in [1.54, 1.807) is 0 Å². The molecule has 0 N–H and O–H groups in total. The van der Waals surface area contributed by atoms with Crippen LogP contribution in [0.1, 0.15) is 22.3 Å². The van der Waals surface area contributed by atoms with E-state index in [1.807, 2.05) is 0 Å². The van der Waals surface area contributed by atoms with Crippen LogP contribution in [-0.4, -0.2) is 0 Å². The van der Waals surface area contributed by atoms with Gasteiger partial charge in [0.05, 0.1) is 5.41 Å². The third-order valence-electron chi connectivity index (χ3n) is 13.0. The van der Waals surface area contributed by atoms with Crippen molar-refractivity contribution in [3.63, 3.8) is 0 Å². The van der Waals surface area contributed by atoms with Crippen molar-refractivity contribution in [2.45, 2.75) is 5.41 Å². The molecule has 296 valence electrons. The summed E-state index contributed by atoms with van der Waals surface area (Å²) in [5, 5.41) is 0. The molecule has 12 rings (SSSR count). The lowest BCUT2D eigenvalue weighted by Gasteiger charge is -2.35. The molecule has 0 radical (unpaired) electrons. The van der Waals surface area contributed by atoms with Crippen molar-refractivity contribution in [2.24, 2.45) is 0 Å². The topological polar surface area (TPSA) is 12.5 Å². The van der Waals surface area contributed by atoms with E-state index < -0.39 is 5.41 Å². The number of hydrogen-bond acceptors (Lipinski definition) is 2. The summed E-state index contributed by atoms with van der Waals surface area (Å²) in [4.78, 5) is 2.39. The number of anilines is 3. The Labute approximate surface area is 368 Å². The highest BCUT2D eigenvalue weighted by atomic mass is 16.5. The third-order valence-corrected chi connectivity index (χ3v) is 13.0. The van der Waals surface area contributed by atoms with Gasteiger partial charge in [-0.25, -0.2) is 0 Å². The summed E-state index contributed by atoms with van der Waals surface area (Å²) in [6, 6.07) is 90.1. The average molecular weight is 804 g/mol. The molecule has 10 aromatic carbocycles. The minimum atomic E-state index is -0.534. The Hall–Kier alpha value is -8.20. The first-order valence-electron chi connectivity index (χ1n) is 21.7. The Balaban J connectivity index is 1.07. The molecule has 0 spiro atoms. The number of hydrogen-bond donors (Lipinski definition) is 0. The molecule has 1 aliphatic carbocycles.